The van der Waals surface area contributed by atoms with Crippen molar-refractivity contribution >= 4 is 23.1 Å². The first-order valence-electron chi connectivity index (χ1n) is 13.1. The number of phenolic OH excluding ortho intramolecular Hbond substituents is 1. The van der Waals surface area contributed by atoms with Gasteiger partial charge in [-0.2, -0.15) is 0 Å². The molecule has 3 aromatic rings. The van der Waals surface area contributed by atoms with Gasteiger partial charge in [0.2, 0.25) is 5.75 Å². The number of ketones is 1. The second kappa shape index (κ2) is 11.4. The molecule has 1 heterocycles. The van der Waals surface area contributed by atoms with Crippen molar-refractivity contribution in [3.05, 3.63) is 76.9 Å². The van der Waals surface area contributed by atoms with Gasteiger partial charge in [0.15, 0.2) is 11.5 Å². The maximum absolute atomic E-state index is 13.7. The van der Waals surface area contributed by atoms with E-state index in [9.17, 15) is 19.8 Å². The number of aliphatic hydroxyl groups excluding tert-OH is 1. The number of aliphatic hydroxyl groups is 1. The molecule has 41 heavy (non-hydrogen) atoms. The van der Waals surface area contributed by atoms with Crippen molar-refractivity contribution in [1.29, 1.82) is 0 Å². The lowest BCUT2D eigenvalue weighted by Crippen LogP contribution is -2.29. The lowest BCUT2D eigenvalue weighted by Gasteiger charge is -2.27. The summed E-state index contributed by atoms with van der Waals surface area (Å²) in [6, 6.07) is 13.4. The highest BCUT2D eigenvalue weighted by Crippen LogP contribution is 2.48. The predicted octanol–water partition coefficient (Wildman–Crippen LogP) is 5.74. The number of hydrogen-bond acceptors (Lipinski definition) is 8. The standard InChI is InChI=1S/C32H35NO8/c1-8-41-23-14-13-18(15-20(23)32(2,3)4)28(35)26-27(19-16-24(38-5)30(40-7)25(17-19)39-6)33(31(37)29(26)36)21-11-9-10-12-22(21)34/h9-17,27,34-35H,8H2,1-7H3/b28-26+. The average Bonchev–Trinajstić information content (AvgIpc) is 3.21. The molecule has 0 aliphatic carbocycles. The number of nitrogens with zero attached hydrogens (tertiary/aromatic N) is 1. The number of methoxy groups -OCH3 is 3. The summed E-state index contributed by atoms with van der Waals surface area (Å²) < 4.78 is 22.3. The highest BCUT2D eigenvalue weighted by Gasteiger charge is 2.48. The molecule has 4 rings (SSSR count). The van der Waals surface area contributed by atoms with Gasteiger partial charge < -0.3 is 29.2 Å². The zero-order chi connectivity index (χ0) is 30.1. The molecule has 2 N–H and O–H groups in total. The average molecular weight is 562 g/mol. The SMILES string of the molecule is CCOc1ccc(/C(O)=C2\C(=O)C(=O)N(c3ccccc3O)C2c2cc(OC)c(OC)c(OC)c2)cc1C(C)(C)C. The van der Waals surface area contributed by atoms with Gasteiger partial charge in [-0.25, -0.2) is 0 Å². The molecule has 1 atom stereocenters. The fraction of sp³-hybridized carbons (Fsp3) is 0.312. The lowest BCUT2D eigenvalue weighted by atomic mass is 9.84. The van der Waals surface area contributed by atoms with Gasteiger partial charge in [0.05, 0.1) is 45.2 Å². The Morgan fingerprint density at radius 3 is 2.07 bits per heavy atom. The Hall–Kier alpha value is -4.66. The van der Waals surface area contributed by atoms with Gasteiger partial charge in [0.1, 0.15) is 17.3 Å². The second-order valence-corrected chi connectivity index (χ2v) is 10.5. The summed E-state index contributed by atoms with van der Waals surface area (Å²) in [4.78, 5) is 28.4. The summed E-state index contributed by atoms with van der Waals surface area (Å²) in [6.07, 6.45) is 0. The first-order valence-corrected chi connectivity index (χ1v) is 13.1. The molecule has 0 saturated carbocycles. The number of phenols is 1. The number of ether oxygens (including phenoxy) is 4. The summed E-state index contributed by atoms with van der Waals surface area (Å²) >= 11 is 0. The number of para-hydroxylation sites is 2. The summed E-state index contributed by atoms with van der Waals surface area (Å²) in [7, 11) is 4.37. The molecule has 9 heteroatoms. The lowest BCUT2D eigenvalue weighted by molar-refractivity contribution is -0.132. The summed E-state index contributed by atoms with van der Waals surface area (Å²) in [6.45, 7) is 8.39. The number of carbonyl (C=O) groups is 2. The van der Waals surface area contributed by atoms with E-state index in [-0.39, 0.29) is 28.2 Å². The first kappa shape index (κ1) is 29.3. The van der Waals surface area contributed by atoms with E-state index in [0.29, 0.717) is 40.7 Å². The van der Waals surface area contributed by atoms with E-state index >= 15 is 0 Å². The molecule has 1 amide bonds. The third kappa shape index (κ3) is 5.27. The van der Waals surface area contributed by atoms with Crippen LogP contribution in [0.15, 0.2) is 60.2 Å². The number of amides is 1. The molecule has 0 radical (unpaired) electrons. The van der Waals surface area contributed by atoms with E-state index in [0.717, 1.165) is 5.56 Å². The van der Waals surface area contributed by atoms with Gasteiger partial charge >= 0.3 is 0 Å². The van der Waals surface area contributed by atoms with Gasteiger partial charge in [-0.05, 0) is 60.4 Å². The van der Waals surface area contributed by atoms with E-state index < -0.39 is 17.7 Å². The van der Waals surface area contributed by atoms with Crippen molar-refractivity contribution < 1.29 is 38.7 Å². The van der Waals surface area contributed by atoms with Crippen LogP contribution in [-0.4, -0.2) is 49.8 Å². The molecule has 1 fully saturated rings. The summed E-state index contributed by atoms with van der Waals surface area (Å²) in [5.74, 6) is -0.824. The van der Waals surface area contributed by atoms with Crippen LogP contribution in [0.4, 0.5) is 5.69 Å². The Bertz CT molecular complexity index is 1490. The Morgan fingerprint density at radius 2 is 1.54 bits per heavy atom. The number of carbonyl (C=O) groups excluding carboxylic acids is 2. The Morgan fingerprint density at radius 1 is 0.902 bits per heavy atom. The number of Topliss-reactive ketones (excluding diaryl/α,β-unsaturated/α-hetero) is 1. The number of hydrogen-bond donors (Lipinski definition) is 2. The largest absolute Gasteiger partial charge is 0.507 e. The third-order valence-corrected chi connectivity index (χ3v) is 6.95. The molecule has 216 valence electrons. The fourth-order valence-electron chi connectivity index (χ4n) is 5.02. The van der Waals surface area contributed by atoms with Crippen molar-refractivity contribution in [3.8, 4) is 28.7 Å². The van der Waals surface area contributed by atoms with Crippen LogP contribution in [0.1, 0.15) is 50.4 Å². The molecule has 0 spiro atoms. The van der Waals surface area contributed by atoms with E-state index in [1.165, 1.54) is 38.4 Å². The molecular weight excluding hydrogens is 526 g/mol. The number of anilines is 1. The van der Waals surface area contributed by atoms with Crippen LogP contribution < -0.4 is 23.8 Å². The number of benzene rings is 3. The normalized spacial score (nSPS) is 16.6. The molecule has 1 saturated heterocycles. The highest BCUT2D eigenvalue weighted by molar-refractivity contribution is 6.52. The van der Waals surface area contributed by atoms with Crippen molar-refractivity contribution in [2.75, 3.05) is 32.8 Å². The molecule has 1 aliphatic rings. The zero-order valence-electron chi connectivity index (χ0n) is 24.3. The van der Waals surface area contributed by atoms with Crippen LogP contribution in [0, 0.1) is 0 Å². The van der Waals surface area contributed by atoms with Crippen LogP contribution in [-0.2, 0) is 15.0 Å². The molecule has 9 nitrogen and oxygen atoms in total. The van der Waals surface area contributed by atoms with Crippen LogP contribution in [0.5, 0.6) is 28.7 Å². The zero-order valence-corrected chi connectivity index (χ0v) is 24.3. The van der Waals surface area contributed by atoms with E-state index in [4.69, 9.17) is 18.9 Å². The summed E-state index contributed by atoms with van der Waals surface area (Å²) in [5, 5.41) is 22.4. The van der Waals surface area contributed by atoms with Gasteiger partial charge in [-0.1, -0.05) is 32.9 Å². The van der Waals surface area contributed by atoms with Gasteiger partial charge in [0.25, 0.3) is 11.7 Å². The minimum atomic E-state index is -1.14. The van der Waals surface area contributed by atoms with Gasteiger partial charge in [-0.15, -0.1) is 0 Å². The van der Waals surface area contributed by atoms with Crippen molar-refractivity contribution in [3.63, 3.8) is 0 Å². The monoisotopic (exact) mass is 561 g/mol. The minimum absolute atomic E-state index is 0.106. The Labute approximate surface area is 239 Å². The third-order valence-electron chi connectivity index (χ3n) is 6.95. The van der Waals surface area contributed by atoms with Crippen molar-refractivity contribution in [2.24, 2.45) is 0 Å². The molecule has 3 aromatic carbocycles. The fourth-order valence-corrected chi connectivity index (χ4v) is 5.02. The number of rotatable bonds is 8. The topological polar surface area (TPSA) is 115 Å². The second-order valence-electron chi connectivity index (χ2n) is 10.5. The van der Waals surface area contributed by atoms with Crippen LogP contribution in [0.25, 0.3) is 5.76 Å². The number of aromatic hydroxyl groups is 1. The molecule has 0 bridgehead atoms. The minimum Gasteiger partial charge on any atom is -0.507 e. The quantitative estimate of drug-likeness (QED) is 0.203. The summed E-state index contributed by atoms with van der Waals surface area (Å²) in [5.41, 5.74) is 1.16. The van der Waals surface area contributed by atoms with Crippen LogP contribution >= 0.6 is 0 Å². The Balaban J connectivity index is 2.04. The highest BCUT2D eigenvalue weighted by atomic mass is 16.5. The van der Waals surface area contributed by atoms with Crippen LogP contribution in [0.2, 0.25) is 0 Å². The maximum atomic E-state index is 13.7. The molecule has 1 aliphatic heterocycles. The van der Waals surface area contributed by atoms with Crippen molar-refractivity contribution in [1.82, 2.24) is 0 Å². The van der Waals surface area contributed by atoms with Crippen molar-refractivity contribution in [2.45, 2.75) is 39.2 Å². The van der Waals surface area contributed by atoms with E-state index in [1.54, 1.807) is 42.5 Å². The molecular formula is C32H35NO8. The smallest absolute Gasteiger partial charge is 0.300 e. The van der Waals surface area contributed by atoms with E-state index in [1.807, 2.05) is 27.7 Å². The first-order chi connectivity index (χ1) is 19.5. The van der Waals surface area contributed by atoms with Crippen LogP contribution in [0.3, 0.4) is 0 Å². The maximum Gasteiger partial charge on any atom is 0.300 e. The molecule has 1 unspecified atom stereocenters. The van der Waals surface area contributed by atoms with Gasteiger partial charge in [0, 0.05) is 11.1 Å². The molecule has 0 aromatic heterocycles. The van der Waals surface area contributed by atoms with E-state index in [2.05, 4.69) is 0 Å². The predicted molar refractivity (Wildman–Crippen MR) is 155 cm³/mol. The Kier molecular flexibility index (Phi) is 8.19. The van der Waals surface area contributed by atoms with Gasteiger partial charge in [-0.3, -0.25) is 14.5 Å².